The van der Waals surface area contributed by atoms with Gasteiger partial charge in [-0.2, -0.15) is 0 Å². The number of hydrogen-bond donors (Lipinski definition) is 2. The number of nitrogens with one attached hydrogen (secondary N) is 1. The highest BCUT2D eigenvalue weighted by Gasteiger charge is 2.50. The number of benzene rings is 1. The van der Waals surface area contributed by atoms with Gasteiger partial charge in [0.1, 0.15) is 17.8 Å². The lowest BCUT2D eigenvalue weighted by atomic mass is 9.91. The summed E-state index contributed by atoms with van der Waals surface area (Å²) in [6.07, 6.45) is -0.326. The molecule has 1 aromatic carbocycles. The van der Waals surface area contributed by atoms with E-state index in [0.29, 0.717) is 13.0 Å². The van der Waals surface area contributed by atoms with E-state index in [4.69, 9.17) is 9.47 Å². The molecule has 7 heteroatoms. The lowest BCUT2D eigenvalue weighted by Gasteiger charge is -2.33. The quantitative estimate of drug-likeness (QED) is 0.682. The van der Waals surface area contributed by atoms with E-state index in [2.05, 4.69) is 11.9 Å². The van der Waals surface area contributed by atoms with Crippen LogP contribution in [0.4, 0.5) is 4.79 Å². The molecule has 1 fully saturated rings. The first-order chi connectivity index (χ1) is 13.7. The van der Waals surface area contributed by atoms with E-state index in [1.54, 1.807) is 26.8 Å². The Bertz CT molecular complexity index is 701. The molecule has 160 valence electrons. The molecule has 0 aromatic heterocycles. The molecule has 0 saturated carbocycles. The van der Waals surface area contributed by atoms with Crippen molar-refractivity contribution in [1.29, 1.82) is 0 Å². The molecule has 2 amide bonds. The molecule has 1 aliphatic heterocycles. The van der Waals surface area contributed by atoms with Gasteiger partial charge in [-0.05, 0) is 32.8 Å². The topological polar surface area (TPSA) is 88.1 Å². The van der Waals surface area contributed by atoms with Gasteiger partial charge in [0.2, 0.25) is 5.91 Å². The first kappa shape index (κ1) is 22.9. The third-order valence-corrected chi connectivity index (χ3v) is 4.82. The second kappa shape index (κ2) is 9.89. The summed E-state index contributed by atoms with van der Waals surface area (Å²) < 4.78 is 11.4. The van der Waals surface area contributed by atoms with Crippen molar-refractivity contribution in [3.8, 4) is 0 Å². The number of aliphatic hydroxyl groups excluding tert-OH is 1. The maximum absolute atomic E-state index is 12.8. The lowest BCUT2D eigenvalue weighted by molar-refractivity contribution is -0.128. The van der Waals surface area contributed by atoms with Crippen LogP contribution in [0.1, 0.15) is 32.8 Å². The van der Waals surface area contributed by atoms with Crippen LogP contribution in [0.25, 0.3) is 0 Å². The fourth-order valence-corrected chi connectivity index (χ4v) is 3.50. The molecule has 0 spiro atoms. The minimum absolute atomic E-state index is 0.137. The second-order valence-electron chi connectivity index (χ2n) is 8.19. The summed E-state index contributed by atoms with van der Waals surface area (Å²) in [5, 5.41) is 13.6. The zero-order chi connectivity index (χ0) is 21.6. The molecule has 1 saturated heterocycles. The minimum atomic E-state index is -1.03. The average molecular weight is 405 g/mol. The van der Waals surface area contributed by atoms with Crippen molar-refractivity contribution in [3.63, 3.8) is 0 Å². The van der Waals surface area contributed by atoms with Crippen LogP contribution in [-0.4, -0.2) is 59.5 Å². The molecule has 0 aliphatic carbocycles. The zero-order valence-corrected chi connectivity index (χ0v) is 17.6. The van der Waals surface area contributed by atoms with Crippen molar-refractivity contribution in [2.45, 2.75) is 57.6 Å². The average Bonchev–Trinajstić information content (AvgIpc) is 3.00. The van der Waals surface area contributed by atoms with Crippen LogP contribution >= 0.6 is 0 Å². The molecule has 0 bridgehead atoms. The normalized spacial score (nSPS) is 22.8. The second-order valence-corrected chi connectivity index (χ2v) is 8.19. The van der Waals surface area contributed by atoms with Crippen LogP contribution < -0.4 is 5.32 Å². The molecule has 2 N–H and O–H groups in total. The summed E-state index contributed by atoms with van der Waals surface area (Å²) in [6.45, 7) is 9.46. The molecule has 7 nitrogen and oxygen atoms in total. The van der Waals surface area contributed by atoms with Gasteiger partial charge in [0.05, 0.1) is 25.1 Å². The van der Waals surface area contributed by atoms with Gasteiger partial charge in [-0.1, -0.05) is 36.4 Å². The smallest absolute Gasteiger partial charge is 0.410 e. The van der Waals surface area contributed by atoms with Gasteiger partial charge < -0.3 is 19.9 Å². The molecule has 2 rings (SSSR count). The Kier molecular flexibility index (Phi) is 7.81. The number of hydrogen-bond acceptors (Lipinski definition) is 5. The van der Waals surface area contributed by atoms with Gasteiger partial charge in [-0.3, -0.25) is 9.69 Å². The maximum atomic E-state index is 12.8. The van der Waals surface area contributed by atoms with Crippen LogP contribution in [0.2, 0.25) is 0 Å². The Morgan fingerprint density at radius 1 is 1.34 bits per heavy atom. The van der Waals surface area contributed by atoms with Gasteiger partial charge in [0, 0.05) is 7.05 Å². The van der Waals surface area contributed by atoms with Gasteiger partial charge in [0.25, 0.3) is 0 Å². The van der Waals surface area contributed by atoms with Crippen molar-refractivity contribution in [2.75, 3.05) is 13.6 Å². The molecule has 1 unspecified atom stereocenters. The molecule has 1 aliphatic rings. The van der Waals surface area contributed by atoms with Crippen LogP contribution in [0.15, 0.2) is 43.0 Å². The van der Waals surface area contributed by atoms with Crippen LogP contribution in [0, 0.1) is 5.92 Å². The van der Waals surface area contributed by atoms with E-state index in [-0.39, 0.29) is 12.5 Å². The third kappa shape index (κ3) is 6.05. The van der Waals surface area contributed by atoms with Crippen molar-refractivity contribution in [3.05, 3.63) is 48.6 Å². The number of rotatable bonds is 7. The fourth-order valence-electron chi connectivity index (χ4n) is 3.50. The molecule has 4 atom stereocenters. The van der Waals surface area contributed by atoms with Crippen molar-refractivity contribution < 1.29 is 24.2 Å². The number of likely N-dealkylation sites (tertiary alicyclic amines) is 1. The summed E-state index contributed by atoms with van der Waals surface area (Å²) in [6, 6.07) is 8.81. The van der Waals surface area contributed by atoms with Crippen LogP contribution in [-0.2, 0) is 20.9 Å². The molecule has 1 aromatic rings. The lowest BCUT2D eigenvalue weighted by Crippen LogP contribution is -2.50. The highest BCUT2D eigenvalue weighted by molar-refractivity contribution is 5.80. The van der Waals surface area contributed by atoms with E-state index in [1.807, 2.05) is 30.3 Å². The van der Waals surface area contributed by atoms with E-state index >= 15 is 0 Å². The van der Waals surface area contributed by atoms with Gasteiger partial charge in [0.15, 0.2) is 0 Å². The monoisotopic (exact) mass is 404 g/mol. The Hall–Kier alpha value is -2.38. The number of allylic oxidation sites excluding steroid dienone is 1. The summed E-state index contributed by atoms with van der Waals surface area (Å²) in [5.41, 5.74) is 0.261. The standard InChI is InChI=1S/C22H32N2O5/c1-6-10-16(20(26)23-5)18-19(25)17(28-14-15-11-8-7-9-12-15)13-24(18)21(27)29-22(2,3)4/h6-9,11-12,16-19,25H,1,10,13-14H2,2-5H3,(H,23,26)/t16?,17-,18+,19+/m1/s1. The highest BCUT2D eigenvalue weighted by Crippen LogP contribution is 2.31. The number of nitrogens with zero attached hydrogens (tertiary/aromatic N) is 1. The summed E-state index contributed by atoms with van der Waals surface area (Å²) in [5.74, 6) is -0.934. The van der Waals surface area contributed by atoms with Crippen molar-refractivity contribution >= 4 is 12.0 Å². The zero-order valence-electron chi connectivity index (χ0n) is 17.6. The first-order valence-electron chi connectivity index (χ1n) is 9.83. The number of carbonyl (C=O) groups is 2. The third-order valence-electron chi connectivity index (χ3n) is 4.82. The molecule has 0 radical (unpaired) electrons. The fraction of sp³-hybridized carbons (Fsp3) is 0.545. The predicted molar refractivity (Wildman–Crippen MR) is 110 cm³/mol. The van der Waals surface area contributed by atoms with Gasteiger partial charge >= 0.3 is 6.09 Å². The summed E-state index contributed by atoms with van der Waals surface area (Å²) in [7, 11) is 1.53. The largest absolute Gasteiger partial charge is 0.444 e. The Balaban J connectivity index is 2.25. The maximum Gasteiger partial charge on any atom is 0.410 e. The Labute approximate surface area is 172 Å². The van der Waals surface area contributed by atoms with E-state index < -0.39 is 35.9 Å². The molecule has 29 heavy (non-hydrogen) atoms. The Morgan fingerprint density at radius 3 is 2.55 bits per heavy atom. The minimum Gasteiger partial charge on any atom is -0.444 e. The van der Waals surface area contributed by atoms with Crippen LogP contribution in [0.3, 0.4) is 0 Å². The van der Waals surface area contributed by atoms with Gasteiger partial charge in [-0.25, -0.2) is 4.79 Å². The van der Waals surface area contributed by atoms with E-state index in [0.717, 1.165) is 5.56 Å². The summed E-state index contributed by atoms with van der Waals surface area (Å²) >= 11 is 0. The molecular weight excluding hydrogens is 372 g/mol. The molecular formula is C22H32N2O5. The SMILES string of the molecule is C=CCC(C(=O)NC)[C@H]1[C@@H](O)[C@H](OCc2ccccc2)CN1C(=O)OC(C)(C)C. The number of amides is 2. The van der Waals surface area contributed by atoms with E-state index in [1.165, 1.54) is 11.9 Å². The number of aliphatic hydroxyl groups is 1. The summed E-state index contributed by atoms with van der Waals surface area (Å²) in [4.78, 5) is 26.7. The first-order valence-corrected chi connectivity index (χ1v) is 9.83. The van der Waals surface area contributed by atoms with Crippen molar-refractivity contribution in [2.24, 2.45) is 5.92 Å². The molecule has 1 heterocycles. The number of ether oxygens (including phenoxy) is 2. The van der Waals surface area contributed by atoms with Gasteiger partial charge in [-0.15, -0.1) is 6.58 Å². The number of carbonyl (C=O) groups excluding carboxylic acids is 2. The highest BCUT2D eigenvalue weighted by atomic mass is 16.6. The van der Waals surface area contributed by atoms with Crippen LogP contribution in [0.5, 0.6) is 0 Å². The Morgan fingerprint density at radius 2 is 2.00 bits per heavy atom. The van der Waals surface area contributed by atoms with E-state index in [9.17, 15) is 14.7 Å². The predicted octanol–water partition coefficient (Wildman–Crippen LogP) is 2.49. The van der Waals surface area contributed by atoms with Crippen molar-refractivity contribution in [1.82, 2.24) is 10.2 Å².